The Morgan fingerprint density at radius 2 is 0.424 bits per heavy atom. The topological polar surface area (TPSA) is 0 Å². The number of rotatable bonds is 29. The summed E-state index contributed by atoms with van der Waals surface area (Å²) < 4.78 is 0. The van der Waals surface area contributed by atoms with Crippen LogP contribution in [0.15, 0.2) is 0 Å². The summed E-state index contributed by atoms with van der Waals surface area (Å²) in [7, 11) is 0. The summed E-state index contributed by atoms with van der Waals surface area (Å²) in [5, 5.41) is 0. The van der Waals surface area contributed by atoms with Gasteiger partial charge in [0.05, 0.1) is 0 Å². The maximum absolute atomic E-state index is 2.34. The van der Waals surface area contributed by atoms with Crippen molar-refractivity contribution in [3.05, 3.63) is 0 Å². The van der Waals surface area contributed by atoms with Crippen molar-refractivity contribution in [1.29, 1.82) is 0 Å². The van der Waals surface area contributed by atoms with Gasteiger partial charge in [-0.3, -0.25) is 0 Å². The molecule has 0 aromatic heterocycles. The van der Waals surface area contributed by atoms with Crippen LogP contribution in [0.1, 0.15) is 207 Å². The largest absolute Gasteiger partial charge is 0.0654 e. The van der Waals surface area contributed by atoms with E-state index in [9.17, 15) is 0 Å². The highest BCUT2D eigenvalue weighted by molar-refractivity contribution is 4.62. The summed E-state index contributed by atoms with van der Waals surface area (Å²) in [4.78, 5) is 0. The monoisotopic (exact) mass is 465 g/mol. The fourth-order valence-electron chi connectivity index (χ4n) is 5.49. The van der Waals surface area contributed by atoms with E-state index in [2.05, 4.69) is 20.8 Å². The van der Waals surface area contributed by atoms with Crippen molar-refractivity contribution in [2.45, 2.75) is 207 Å². The van der Waals surface area contributed by atoms with Gasteiger partial charge < -0.3 is 0 Å². The molecule has 0 aromatic carbocycles. The first-order chi connectivity index (χ1) is 16.3. The van der Waals surface area contributed by atoms with E-state index in [1.807, 2.05) is 0 Å². The molecule has 0 aliphatic carbocycles. The Bertz CT molecular complexity index is 320. The van der Waals surface area contributed by atoms with Crippen LogP contribution in [0.2, 0.25) is 0 Å². The number of hydrogen-bond donors (Lipinski definition) is 0. The fraction of sp³-hybridized carbons (Fsp3) is 1.00. The molecule has 0 bridgehead atoms. The molecule has 0 heterocycles. The third kappa shape index (κ3) is 28.1. The van der Waals surface area contributed by atoms with Crippen LogP contribution in [-0.4, -0.2) is 0 Å². The Labute approximate surface area is 212 Å². The lowest BCUT2D eigenvalue weighted by molar-refractivity contribution is 0.368. The molecule has 0 aromatic rings. The van der Waals surface area contributed by atoms with Gasteiger partial charge in [0.25, 0.3) is 0 Å². The predicted octanol–water partition coefficient (Wildman–Crippen LogP) is 13.0. The standard InChI is InChI=1S/C33H68/c1-4-7-10-12-13-14-15-16-17-18-19-20-21-22-23-24-25-26-29-32-33(30-27-9-6-3)31-28-11-8-5-2/h33H,4-32H2,1-3H3. The van der Waals surface area contributed by atoms with Gasteiger partial charge in [-0.15, -0.1) is 0 Å². The molecule has 0 fully saturated rings. The Morgan fingerprint density at radius 1 is 0.242 bits per heavy atom. The van der Waals surface area contributed by atoms with E-state index in [4.69, 9.17) is 0 Å². The first kappa shape index (κ1) is 33.0. The molecule has 0 nitrogen and oxygen atoms in total. The van der Waals surface area contributed by atoms with Gasteiger partial charge in [-0.1, -0.05) is 207 Å². The van der Waals surface area contributed by atoms with Crippen molar-refractivity contribution in [1.82, 2.24) is 0 Å². The van der Waals surface area contributed by atoms with Crippen LogP contribution in [0, 0.1) is 5.92 Å². The van der Waals surface area contributed by atoms with E-state index >= 15 is 0 Å². The van der Waals surface area contributed by atoms with E-state index in [1.54, 1.807) is 0 Å². The molecule has 0 heteroatoms. The van der Waals surface area contributed by atoms with E-state index in [0.29, 0.717) is 0 Å². The van der Waals surface area contributed by atoms with Gasteiger partial charge >= 0.3 is 0 Å². The summed E-state index contributed by atoms with van der Waals surface area (Å²) in [6.07, 6.45) is 42.8. The predicted molar refractivity (Wildman–Crippen MR) is 154 cm³/mol. The van der Waals surface area contributed by atoms with E-state index in [0.717, 1.165) is 5.92 Å². The summed E-state index contributed by atoms with van der Waals surface area (Å²) in [5.74, 6) is 1.04. The van der Waals surface area contributed by atoms with Crippen molar-refractivity contribution in [2.75, 3.05) is 0 Å². The fourth-order valence-corrected chi connectivity index (χ4v) is 5.49. The molecular weight excluding hydrogens is 396 g/mol. The molecule has 0 saturated heterocycles. The Balaban J connectivity index is 3.35. The van der Waals surface area contributed by atoms with Gasteiger partial charge in [-0.25, -0.2) is 0 Å². The molecule has 0 spiro atoms. The van der Waals surface area contributed by atoms with Crippen LogP contribution in [0.5, 0.6) is 0 Å². The van der Waals surface area contributed by atoms with Crippen LogP contribution in [0.3, 0.4) is 0 Å². The smallest absolute Gasteiger partial charge is 0.0414 e. The second-order valence-corrected chi connectivity index (χ2v) is 11.4. The molecule has 33 heavy (non-hydrogen) atoms. The van der Waals surface area contributed by atoms with Gasteiger partial charge in [0.15, 0.2) is 0 Å². The maximum Gasteiger partial charge on any atom is -0.0414 e. The van der Waals surface area contributed by atoms with Crippen molar-refractivity contribution >= 4 is 0 Å². The lowest BCUT2D eigenvalue weighted by Crippen LogP contribution is -2.01. The van der Waals surface area contributed by atoms with E-state index in [1.165, 1.54) is 186 Å². The van der Waals surface area contributed by atoms with Crippen molar-refractivity contribution in [3.63, 3.8) is 0 Å². The van der Waals surface area contributed by atoms with E-state index in [-0.39, 0.29) is 0 Å². The summed E-state index contributed by atoms with van der Waals surface area (Å²) in [5.41, 5.74) is 0. The summed E-state index contributed by atoms with van der Waals surface area (Å²) >= 11 is 0. The third-order valence-electron chi connectivity index (χ3n) is 7.90. The van der Waals surface area contributed by atoms with Crippen LogP contribution < -0.4 is 0 Å². The molecule has 0 rings (SSSR count). The summed E-state index contributed by atoms with van der Waals surface area (Å²) in [6.45, 7) is 6.98. The second kappa shape index (κ2) is 30.0. The average Bonchev–Trinajstić information content (AvgIpc) is 2.83. The molecule has 0 amide bonds. The molecule has 1 unspecified atom stereocenters. The van der Waals surface area contributed by atoms with Gasteiger partial charge in [0.1, 0.15) is 0 Å². The van der Waals surface area contributed by atoms with Crippen molar-refractivity contribution in [2.24, 2.45) is 5.92 Å². The molecular formula is C33H68. The SMILES string of the molecule is CCCCCCCCCCCCCCCCCCCCCC(CCCCC)CCCCCC. The van der Waals surface area contributed by atoms with Crippen LogP contribution in [0.4, 0.5) is 0 Å². The summed E-state index contributed by atoms with van der Waals surface area (Å²) in [6, 6.07) is 0. The van der Waals surface area contributed by atoms with E-state index < -0.39 is 0 Å². The molecule has 0 saturated carbocycles. The number of unbranched alkanes of at least 4 members (excludes halogenated alkanes) is 23. The lowest BCUT2D eigenvalue weighted by Gasteiger charge is -2.16. The Kier molecular flexibility index (Phi) is 30.0. The molecule has 0 N–H and O–H groups in total. The minimum atomic E-state index is 1.04. The van der Waals surface area contributed by atoms with Gasteiger partial charge in [0, 0.05) is 0 Å². The molecule has 200 valence electrons. The average molecular weight is 465 g/mol. The van der Waals surface area contributed by atoms with Crippen molar-refractivity contribution in [3.8, 4) is 0 Å². The third-order valence-corrected chi connectivity index (χ3v) is 7.90. The Hall–Kier alpha value is 0. The molecule has 1 atom stereocenters. The zero-order chi connectivity index (χ0) is 24.1. The highest BCUT2D eigenvalue weighted by Gasteiger charge is 2.08. The molecule has 0 radical (unpaired) electrons. The number of hydrogen-bond acceptors (Lipinski definition) is 0. The second-order valence-electron chi connectivity index (χ2n) is 11.4. The zero-order valence-electron chi connectivity index (χ0n) is 24.1. The normalized spacial score (nSPS) is 12.5. The first-order valence-corrected chi connectivity index (χ1v) is 16.3. The van der Waals surface area contributed by atoms with Gasteiger partial charge in [-0.2, -0.15) is 0 Å². The minimum absolute atomic E-state index is 1.04. The van der Waals surface area contributed by atoms with Crippen LogP contribution in [-0.2, 0) is 0 Å². The minimum Gasteiger partial charge on any atom is -0.0654 e. The zero-order valence-corrected chi connectivity index (χ0v) is 24.1. The van der Waals surface area contributed by atoms with Gasteiger partial charge in [-0.05, 0) is 5.92 Å². The molecule has 0 aliphatic rings. The van der Waals surface area contributed by atoms with Gasteiger partial charge in [0.2, 0.25) is 0 Å². The molecule has 0 aliphatic heterocycles. The van der Waals surface area contributed by atoms with Crippen LogP contribution in [0.25, 0.3) is 0 Å². The van der Waals surface area contributed by atoms with Crippen molar-refractivity contribution < 1.29 is 0 Å². The quantitative estimate of drug-likeness (QED) is 0.0965. The first-order valence-electron chi connectivity index (χ1n) is 16.3. The maximum atomic E-state index is 2.34. The lowest BCUT2D eigenvalue weighted by atomic mass is 9.90. The highest BCUT2D eigenvalue weighted by atomic mass is 14.1. The van der Waals surface area contributed by atoms with Crippen LogP contribution >= 0.6 is 0 Å². The Morgan fingerprint density at radius 3 is 0.727 bits per heavy atom. The highest BCUT2D eigenvalue weighted by Crippen LogP contribution is 2.24.